The van der Waals surface area contributed by atoms with Crippen LogP contribution in [0.5, 0.6) is 5.75 Å². The minimum Gasteiger partial charge on any atom is -0.508 e. The van der Waals surface area contributed by atoms with Crippen molar-refractivity contribution in [1.82, 2.24) is 4.31 Å². The molecule has 100 valence electrons. The molecule has 5 heteroatoms. The van der Waals surface area contributed by atoms with Gasteiger partial charge < -0.3 is 5.11 Å². The van der Waals surface area contributed by atoms with Gasteiger partial charge in [-0.15, -0.1) is 0 Å². The summed E-state index contributed by atoms with van der Waals surface area (Å²) in [5.41, 5.74) is 0. The van der Waals surface area contributed by atoms with Gasteiger partial charge in [0.1, 0.15) is 5.75 Å². The van der Waals surface area contributed by atoms with E-state index in [1.165, 1.54) is 35.0 Å². The molecule has 0 bridgehead atoms. The van der Waals surface area contributed by atoms with Crippen molar-refractivity contribution in [3.63, 3.8) is 0 Å². The first kappa shape index (κ1) is 13.4. The number of benzene rings is 1. The molecule has 18 heavy (non-hydrogen) atoms. The van der Waals surface area contributed by atoms with Crippen LogP contribution in [0.4, 0.5) is 0 Å². The average Bonchev–Trinajstić information content (AvgIpc) is 2.28. The molecule has 0 atom stereocenters. The van der Waals surface area contributed by atoms with Crippen LogP contribution in [0.2, 0.25) is 0 Å². The Bertz CT molecular complexity index is 491. The van der Waals surface area contributed by atoms with Gasteiger partial charge in [0, 0.05) is 13.1 Å². The SMILES string of the molecule is CCN(CC1CCC1)S(=O)(=O)c1ccc(O)cc1. The van der Waals surface area contributed by atoms with Crippen molar-refractivity contribution in [3.05, 3.63) is 24.3 Å². The highest BCUT2D eigenvalue weighted by Crippen LogP contribution is 2.29. The van der Waals surface area contributed by atoms with Crippen LogP contribution < -0.4 is 0 Å². The lowest BCUT2D eigenvalue weighted by atomic mass is 9.85. The summed E-state index contributed by atoms with van der Waals surface area (Å²) in [5, 5.41) is 9.20. The summed E-state index contributed by atoms with van der Waals surface area (Å²) in [6, 6.07) is 5.72. The molecule has 0 spiro atoms. The molecule has 0 saturated heterocycles. The predicted molar refractivity (Wildman–Crippen MR) is 69.9 cm³/mol. The smallest absolute Gasteiger partial charge is 0.243 e. The standard InChI is InChI=1S/C13H19NO3S/c1-2-14(10-11-4-3-5-11)18(16,17)13-8-6-12(15)7-9-13/h6-9,11,15H,2-5,10H2,1H3. The van der Waals surface area contributed by atoms with E-state index >= 15 is 0 Å². The third kappa shape index (κ3) is 2.67. The zero-order chi connectivity index (χ0) is 13.2. The second-order valence-corrected chi connectivity index (χ2v) is 6.68. The minimum atomic E-state index is -3.42. The van der Waals surface area contributed by atoms with Crippen molar-refractivity contribution in [3.8, 4) is 5.75 Å². The topological polar surface area (TPSA) is 57.6 Å². The van der Waals surface area contributed by atoms with Crippen LogP contribution in [-0.2, 0) is 10.0 Å². The summed E-state index contributed by atoms with van der Waals surface area (Å²) in [4.78, 5) is 0.251. The van der Waals surface area contributed by atoms with Gasteiger partial charge in [-0.25, -0.2) is 8.42 Å². The van der Waals surface area contributed by atoms with Crippen molar-refractivity contribution in [2.24, 2.45) is 5.92 Å². The van der Waals surface area contributed by atoms with Gasteiger partial charge in [0.15, 0.2) is 0 Å². The first-order valence-electron chi connectivity index (χ1n) is 6.33. The molecule has 0 radical (unpaired) electrons. The molecular weight excluding hydrogens is 250 g/mol. The minimum absolute atomic E-state index is 0.0796. The molecule has 2 rings (SSSR count). The number of rotatable bonds is 5. The Morgan fingerprint density at radius 2 is 1.89 bits per heavy atom. The molecule has 4 nitrogen and oxygen atoms in total. The van der Waals surface area contributed by atoms with Crippen molar-refractivity contribution >= 4 is 10.0 Å². The molecule has 0 amide bonds. The summed E-state index contributed by atoms with van der Waals surface area (Å²) in [6.45, 7) is 2.95. The first-order chi connectivity index (χ1) is 8.54. The van der Waals surface area contributed by atoms with Crippen molar-refractivity contribution in [2.75, 3.05) is 13.1 Å². The van der Waals surface area contributed by atoms with Gasteiger partial charge in [-0.3, -0.25) is 0 Å². The van der Waals surface area contributed by atoms with E-state index in [1.807, 2.05) is 6.92 Å². The molecule has 1 aliphatic carbocycles. The highest BCUT2D eigenvalue weighted by atomic mass is 32.2. The Labute approximate surface area is 108 Å². The highest BCUT2D eigenvalue weighted by Gasteiger charge is 2.28. The Hall–Kier alpha value is -1.07. The third-order valence-electron chi connectivity index (χ3n) is 3.51. The highest BCUT2D eigenvalue weighted by molar-refractivity contribution is 7.89. The molecular formula is C13H19NO3S. The van der Waals surface area contributed by atoms with Gasteiger partial charge in [0.2, 0.25) is 10.0 Å². The van der Waals surface area contributed by atoms with Crippen LogP contribution in [0.15, 0.2) is 29.2 Å². The Balaban J connectivity index is 2.18. The molecule has 0 aliphatic heterocycles. The summed E-state index contributed by atoms with van der Waals surface area (Å²) in [7, 11) is -3.42. The number of aromatic hydroxyl groups is 1. The number of phenolic OH excluding ortho intramolecular Hbond substituents is 1. The summed E-state index contributed by atoms with van der Waals surface area (Å²) >= 11 is 0. The number of phenols is 1. The van der Waals surface area contributed by atoms with E-state index in [0.29, 0.717) is 19.0 Å². The van der Waals surface area contributed by atoms with Gasteiger partial charge >= 0.3 is 0 Å². The lowest BCUT2D eigenvalue weighted by Crippen LogP contribution is -2.37. The summed E-state index contributed by atoms with van der Waals surface area (Å²) in [5.74, 6) is 0.591. The Morgan fingerprint density at radius 1 is 1.28 bits per heavy atom. The van der Waals surface area contributed by atoms with Gasteiger partial charge in [0.25, 0.3) is 0 Å². The fourth-order valence-electron chi connectivity index (χ4n) is 2.13. The molecule has 1 saturated carbocycles. The fourth-order valence-corrected chi connectivity index (χ4v) is 3.65. The zero-order valence-corrected chi connectivity index (χ0v) is 11.4. The molecule has 0 unspecified atom stereocenters. The maximum atomic E-state index is 12.4. The van der Waals surface area contributed by atoms with E-state index < -0.39 is 10.0 Å². The van der Waals surface area contributed by atoms with Crippen molar-refractivity contribution in [1.29, 1.82) is 0 Å². The normalized spacial score (nSPS) is 16.8. The number of hydrogen-bond acceptors (Lipinski definition) is 3. The summed E-state index contributed by atoms with van der Waals surface area (Å²) in [6.07, 6.45) is 3.46. The zero-order valence-electron chi connectivity index (χ0n) is 10.5. The molecule has 1 aromatic carbocycles. The molecule has 1 fully saturated rings. The molecule has 1 N–H and O–H groups in total. The van der Waals surface area contributed by atoms with E-state index in [-0.39, 0.29) is 10.6 Å². The second-order valence-electron chi connectivity index (χ2n) is 4.75. The quantitative estimate of drug-likeness (QED) is 0.891. The van der Waals surface area contributed by atoms with E-state index in [1.54, 1.807) is 0 Å². The van der Waals surface area contributed by atoms with Crippen molar-refractivity contribution < 1.29 is 13.5 Å². The van der Waals surface area contributed by atoms with Crippen LogP contribution >= 0.6 is 0 Å². The molecule has 0 aromatic heterocycles. The molecule has 1 aromatic rings. The van der Waals surface area contributed by atoms with Crippen LogP contribution in [0.1, 0.15) is 26.2 Å². The first-order valence-corrected chi connectivity index (χ1v) is 7.77. The third-order valence-corrected chi connectivity index (χ3v) is 5.47. The van der Waals surface area contributed by atoms with Gasteiger partial charge in [0.05, 0.1) is 4.90 Å². The Morgan fingerprint density at radius 3 is 2.33 bits per heavy atom. The van der Waals surface area contributed by atoms with E-state index in [4.69, 9.17) is 0 Å². The largest absolute Gasteiger partial charge is 0.508 e. The second kappa shape index (κ2) is 5.28. The lowest BCUT2D eigenvalue weighted by molar-refractivity contribution is 0.250. The van der Waals surface area contributed by atoms with E-state index in [0.717, 1.165) is 12.8 Å². The number of sulfonamides is 1. The van der Waals surface area contributed by atoms with Crippen LogP contribution in [0.25, 0.3) is 0 Å². The average molecular weight is 269 g/mol. The van der Waals surface area contributed by atoms with Gasteiger partial charge in [-0.2, -0.15) is 4.31 Å². The predicted octanol–water partition coefficient (Wildman–Crippen LogP) is 2.20. The molecule has 1 aliphatic rings. The van der Waals surface area contributed by atoms with Crippen LogP contribution in [0, 0.1) is 5.92 Å². The van der Waals surface area contributed by atoms with Gasteiger partial charge in [-0.1, -0.05) is 13.3 Å². The van der Waals surface area contributed by atoms with E-state index in [2.05, 4.69) is 0 Å². The molecule has 0 heterocycles. The Kier molecular flexibility index (Phi) is 3.92. The maximum absolute atomic E-state index is 12.4. The summed E-state index contributed by atoms with van der Waals surface area (Å²) < 4.78 is 26.3. The maximum Gasteiger partial charge on any atom is 0.243 e. The fraction of sp³-hybridized carbons (Fsp3) is 0.538. The number of hydrogen-bond donors (Lipinski definition) is 1. The van der Waals surface area contributed by atoms with Crippen molar-refractivity contribution in [2.45, 2.75) is 31.1 Å². The lowest BCUT2D eigenvalue weighted by Gasteiger charge is -2.31. The van der Waals surface area contributed by atoms with Crippen LogP contribution in [-0.4, -0.2) is 30.9 Å². The monoisotopic (exact) mass is 269 g/mol. The van der Waals surface area contributed by atoms with Gasteiger partial charge in [-0.05, 0) is 43.0 Å². The van der Waals surface area contributed by atoms with Crippen LogP contribution in [0.3, 0.4) is 0 Å². The van der Waals surface area contributed by atoms with E-state index in [9.17, 15) is 13.5 Å². The number of nitrogens with zero attached hydrogens (tertiary/aromatic N) is 1.